The van der Waals surface area contributed by atoms with Crippen molar-refractivity contribution in [3.8, 4) is 0 Å². The van der Waals surface area contributed by atoms with Crippen LogP contribution in [0.25, 0.3) is 0 Å². The van der Waals surface area contributed by atoms with Crippen molar-refractivity contribution in [2.45, 2.75) is 76.5 Å². The summed E-state index contributed by atoms with van der Waals surface area (Å²) in [6.07, 6.45) is 14.6. The molecule has 0 amide bonds. The normalized spacial score (nSPS) is 21.1. The van der Waals surface area contributed by atoms with Crippen LogP contribution in [-0.4, -0.2) is 29.0 Å². The third kappa shape index (κ3) is 4.55. The van der Waals surface area contributed by atoms with E-state index in [0.29, 0.717) is 12.1 Å². The van der Waals surface area contributed by atoms with Crippen LogP contribution >= 0.6 is 0 Å². The molecule has 2 aliphatic carbocycles. The molecule has 1 aromatic rings. The summed E-state index contributed by atoms with van der Waals surface area (Å²) in [5.74, 6) is 0. The molecular formula is C17H29N3O. The summed E-state index contributed by atoms with van der Waals surface area (Å²) in [6, 6.07) is 2.79. The van der Waals surface area contributed by atoms with E-state index in [1.54, 1.807) is 0 Å². The van der Waals surface area contributed by atoms with Crippen LogP contribution < -0.4 is 5.32 Å². The number of rotatable bonds is 7. The Kier molecular flexibility index (Phi) is 5.69. The third-order valence-electron chi connectivity index (χ3n) is 4.85. The Morgan fingerprint density at radius 3 is 2.67 bits per heavy atom. The Balaban J connectivity index is 1.32. The lowest BCUT2D eigenvalue weighted by atomic mass is 9.96. The third-order valence-corrected chi connectivity index (χ3v) is 4.85. The topological polar surface area (TPSA) is 39.1 Å². The van der Waals surface area contributed by atoms with Crippen molar-refractivity contribution in [1.82, 2.24) is 15.1 Å². The Morgan fingerprint density at radius 1 is 1.10 bits per heavy atom. The van der Waals surface area contributed by atoms with Gasteiger partial charge in [0.1, 0.15) is 0 Å². The van der Waals surface area contributed by atoms with Gasteiger partial charge in [-0.05, 0) is 31.7 Å². The van der Waals surface area contributed by atoms with Crippen LogP contribution in [0.15, 0.2) is 12.3 Å². The lowest BCUT2D eigenvalue weighted by molar-refractivity contribution is 0.0602. The lowest BCUT2D eigenvalue weighted by Gasteiger charge is -2.21. The Hall–Kier alpha value is -0.870. The second-order valence-corrected chi connectivity index (χ2v) is 6.53. The highest BCUT2D eigenvalue weighted by Gasteiger charge is 2.16. The predicted molar refractivity (Wildman–Crippen MR) is 84.3 cm³/mol. The molecule has 0 bridgehead atoms. The van der Waals surface area contributed by atoms with Crippen LogP contribution in [0, 0.1) is 0 Å². The van der Waals surface area contributed by atoms with Gasteiger partial charge in [0.25, 0.3) is 0 Å². The SMILES string of the molecule is c1cn(C2CCCCC2)nc1CNCCOC1CCCC1. The summed E-state index contributed by atoms with van der Waals surface area (Å²) in [5.41, 5.74) is 1.15. The van der Waals surface area contributed by atoms with Gasteiger partial charge in [-0.2, -0.15) is 5.10 Å². The fraction of sp³-hybridized carbons (Fsp3) is 0.824. The minimum Gasteiger partial charge on any atom is -0.377 e. The quantitative estimate of drug-likeness (QED) is 0.782. The fourth-order valence-corrected chi connectivity index (χ4v) is 3.59. The molecule has 0 unspecified atom stereocenters. The van der Waals surface area contributed by atoms with Gasteiger partial charge in [-0.15, -0.1) is 0 Å². The van der Waals surface area contributed by atoms with Gasteiger partial charge in [-0.3, -0.25) is 4.68 Å². The molecule has 1 N–H and O–H groups in total. The van der Waals surface area contributed by atoms with Crippen LogP contribution in [0.2, 0.25) is 0 Å². The van der Waals surface area contributed by atoms with Gasteiger partial charge < -0.3 is 10.1 Å². The van der Waals surface area contributed by atoms with Crippen LogP contribution in [0.3, 0.4) is 0 Å². The maximum Gasteiger partial charge on any atom is 0.0762 e. The molecule has 1 aromatic heterocycles. The molecule has 0 aromatic carbocycles. The second-order valence-electron chi connectivity index (χ2n) is 6.53. The van der Waals surface area contributed by atoms with E-state index in [9.17, 15) is 0 Å². The van der Waals surface area contributed by atoms with E-state index in [2.05, 4.69) is 22.3 Å². The van der Waals surface area contributed by atoms with E-state index < -0.39 is 0 Å². The summed E-state index contributed by atoms with van der Waals surface area (Å²) >= 11 is 0. The number of nitrogens with zero attached hydrogens (tertiary/aromatic N) is 2. The zero-order valence-corrected chi connectivity index (χ0v) is 13.1. The zero-order valence-electron chi connectivity index (χ0n) is 13.1. The molecule has 2 aliphatic rings. The van der Waals surface area contributed by atoms with Crippen molar-refractivity contribution in [3.63, 3.8) is 0 Å². The molecule has 4 nitrogen and oxygen atoms in total. The van der Waals surface area contributed by atoms with E-state index in [-0.39, 0.29) is 0 Å². The number of nitrogens with one attached hydrogen (secondary N) is 1. The number of hydrogen-bond donors (Lipinski definition) is 1. The second kappa shape index (κ2) is 7.95. The van der Waals surface area contributed by atoms with Crippen molar-refractivity contribution in [2.75, 3.05) is 13.2 Å². The molecule has 2 fully saturated rings. The highest BCUT2D eigenvalue weighted by molar-refractivity contribution is 4.99. The van der Waals surface area contributed by atoms with E-state index in [0.717, 1.165) is 25.4 Å². The molecule has 0 atom stereocenters. The minimum atomic E-state index is 0.525. The average molecular weight is 291 g/mol. The van der Waals surface area contributed by atoms with Gasteiger partial charge in [0.05, 0.1) is 24.4 Å². The van der Waals surface area contributed by atoms with Gasteiger partial charge in [0.2, 0.25) is 0 Å². The van der Waals surface area contributed by atoms with Gasteiger partial charge in [-0.1, -0.05) is 32.1 Å². The first-order valence-electron chi connectivity index (χ1n) is 8.78. The van der Waals surface area contributed by atoms with E-state index in [1.165, 1.54) is 57.8 Å². The fourth-order valence-electron chi connectivity index (χ4n) is 3.59. The molecule has 3 rings (SSSR count). The molecule has 0 aliphatic heterocycles. The first kappa shape index (κ1) is 15.0. The van der Waals surface area contributed by atoms with Gasteiger partial charge in [0, 0.05) is 19.3 Å². The maximum atomic E-state index is 5.85. The molecule has 0 spiro atoms. The summed E-state index contributed by atoms with van der Waals surface area (Å²) in [6.45, 7) is 2.61. The minimum absolute atomic E-state index is 0.525. The van der Waals surface area contributed by atoms with E-state index in [4.69, 9.17) is 9.84 Å². The summed E-state index contributed by atoms with van der Waals surface area (Å²) in [4.78, 5) is 0. The maximum absolute atomic E-state index is 5.85. The standard InChI is InChI=1S/C17H29N3O/c1-2-6-16(7-3-1)20-12-10-15(19-20)14-18-11-13-21-17-8-4-5-9-17/h10,12,16-18H,1-9,11,13-14H2. The van der Waals surface area contributed by atoms with Gasteiger partial charge in [0.15, 0.2) is 0 Å². The molecule has 0 saturated heterocycles. The lowest BCUT2D eigenvalue weighted by Crippen LogP contribution is -2.22. The highest BCUT2D eigenvalue weighted by Crippen LogP contribution is 2.27. The van der Waals surface area contributed by atoms with Crippen molar-refractivity contribution in [1.29, 1.82) is 0 Å². The smallest absolute Gasteiger partial charge is 0.0762 e. The van der Waals surface area contributed by atoms with Crippen LogP contribution in [0.1, 0.15) is 69.5 Å². The first-order chi connectivity index (χ1) is 10.4. The number of aromatic nitrogens is 2. The predicted octanol–water partition coefficient (Wildman–Crippen LogP) is 3.44. The van der Waals surface area contributed by atoms with E-state index >= 15 is 0 Å². The Morgan fingerprint density at radius 2 is 1.86 bits per heavy atom. The van der Waals surface area contributed by atoms with Crippen LogP contribution in [-0.2, 0) is 11.3 Å². The van der Waals surface area contributed by atoms with Gasteiger partial charge >= 0.3 is 0 Å². The number of hydrogen-bond acceptors (Lipinski definition) is 3. The van der Waals surface area contributed by atoms with Crippen molar-refractivity contribution in [3.05, 3.63) is 18.0 Å². The van der Waals surface area contributed by atoms with Crippen LogP contribution in [0.4, 0.5) is 0 Å². The molecule has 2 saturated carbocycles. The molecular weight excluding hydrogens is 262 g/mol. The highest BCUT2D eigenvalue weighted by atomic mass is 16.5. The molecule has 1 heterocycles. The van der Waals surface area contributed by atoms with Crippen molar-refractivity contribution < 1.29 is 4.74 Å². The summed E-state index contributed by atoms with van der Waals surface area (Å²) in [7, 11) is 0. The summed E-state index contributed by atoms with van der Waals surface area (Å²) < 4.78 is 8.04. The largest absolute Gasteiger partial charge is 0.377 e. The van der Waals surface area contributed by atoms with Crippen molar-refractivity contribution in [2.24, 2.45) is 0 Å². The molecule has 21 heavy (non-hydrogen) atoms. The average Bonchev–Trinajstić information content (AvgIpc) is 3.19. The Bertz CT molecular complexity index is 406. The van der Waals surface area contributed by atoms with Crippen LogP contribution in [0.5, 0.6) is 0 Å². The molecule has 118 valence electrons. The first-order valence-corrected chi connectivity index (χ1v) is 8.78. The number of ether oxygens (including phenoxy) is 1. The van der Waals surface area contributed by atoms with Crippen molar-refractivity contribution >= 4 is 0 Å². The zero-order chi connectivity index (χ0) is 14.3. The molecule has 4 heteroatoms. The van der Waals surface area contributed by atoms with E-state index in [1.807, 2.05) is 0 Å². The van der Waals surface area contributed by atoms with Gasteiger partial charge in [-0.25, -0.2) is 0 Å². The molecule has 0 radical (unpaired) electrons. The monoisotopic (exact) mass is 291 g/mol. The Labute approximate surface area is 128 Å². The summed E-state index contributed by atoms with van der Waals surface area (Å²) in [5, 5.41) is 8.16.